The van der Waals surface area contributed by atoms with Gasteiger partial charge >= 0.3 is 0 Å². The van der Waals surface area contributed by atoms with Crippen molar-refractivity contribution in [3.8, 4) is 23.0 Å². The van der Waals surface area contributed by atoms with Crippen molar-refractivity contribution >= 4 is 46.2 Å². The van der Waals surface area contributed by atoms with Gasteiger partial charge < -0.3 is 9.47 Å². The summed E-state index contributed by atoms with van der Waals surface area (Å²) in [5.74, 6) is 3.63. The van der Waals surface area contributed by atoms with Crippen LogP contribution in [0, 0.1) is 27.7 Å². The zero-order chi connectivity index (χ0) is 26.0. The van der Waals surface area contributed by atoms with Crippen molar-refractivity contribution < 1.29 is 9.47 Å². The Bertz CT molecular complexity index is 1700. The first-order chi connectivity index (χ1) is 18.5. The molecule has 4 heteroatoms. The van der Waals surface area contributed by atoms with Crippen LogP contribution < -0.4 is 42.3 Å². The van der Waals surface area contributed by atoms with Crippen LogP contribution in [0.2, 0.25) is 0 Å². The molecule has 0 fully saturated rings. The highest BCUT2D eigenvalue weighted by Gasteiger charge is 2.42. The molecule has 0 aliphatic carbocycles. The highest BCUT2D eigenvalue weighted by Crippen LogP contribution is 2.32. The predicted molar refractivity (Wildman–Crippen MR) is 161 cm³/mol. The minimum Gasteiger partial charge on any atom is -0.459 e. The van der Waals surface area contributed by atoms with Crippen LogP contribution in [-0.2, 0) is 0 Å². The van der Waals surface area contributed by atoms with Gasteiger partial charge in [-0.2, -0.15) is 0 Å². The fourth-order valence-electron chi connectivity index (χ4n) is 6.65. The van der Waals surface area contributed by atoms with Gasteiger partial charge in [0.15, 0.2) is 0 Å². The maximum Gasteiger partial charge on any atom is 0.256 e. The van der Waals surface area contributed by atoms with E-state index in [1.54, 1.807) is 0 Å². The molecule has 0 bridgehead atoms. The molecule has 0 spiro atoms. The molecule has 2 aliphatic rings. The minimum atomic E-state index is 0.00924. The molecule has 0 saturated heterocycles. The summed E-state index contributed by atoms with van der Waals surface area (Å²) in [4.78, 5) is 0. The molecule has 0 aromatic heterocycles. The summed E-state index contributed by atoms with van der Waals surface area (Å²) < 4.78 is 13.4. The van der Waals surface area contributed by atoms with Gasteiger partial charge in [0.05, 0.1) is 0 Å². The summed E-state index contributed by atoms with van der Waals surface area (Å²) in [7, 11) is 0. The summed E-state index contributed by atoms with van der Waals surface area (Å²) >= 11 is 0. The van der Waals surface area contributed by atoms with Crippen LogP contribution in [0.4, 0.5) is 0 Å². The van der Waals surface area contributed by atoms with Gasteiger partial charge in [0, 0.05) is 5.46 Å². The Kier molecular flexibility index (Phi) is 5.26. The average Bonchev–Trinajstić information content (AvgIpc) is 2.92. The van der Waals surface area contributed by atoms with Crippen LogP contribution >= 0.6 is 0 Å². The number of fused-ring (bicyclic) bond motifs is 5. The van der Waals surface area contributed by atoms with Crippen LogP contribution in [0.1, 0.15) is 22.3 Å². The normalized spacial score (nSPS) is 13.1. The molecule has 0 radical (unpaired) electrons. The van der Waals surface area contributed by atoms with E-state index in [1.165, 1.54) is 49.6 Å². The van der Waals surface area contributed by atoms with Crippen molar-refractivity contribution in [2.24, 2.45) is 0 Å². The Morgan fingerprint density at radius 2 is 0.895 bits per heavy atom. The lowest BCUT2D eigenvalue weighted by Crippen LogP contribution is -2.61. The highest BCUT2D eigenvalue weighted by atomic mass is 16.5. The Balaban J connectivity index is 1.56. The number of rotatable bonds is 2. The van der Waals surface area contributed by atoms with E-state index in [1.807, 2.05) is 6.07 Å². The van der Waals surface area contributed by atoms with Gasteiger partial charge in [-0.1, -0.05) is 112 Å². The predicted octanol–water partition coefficient (Wildman–Crippen LogP) is 4.16. The van der Waals surface area contributed by atoms with Gasteiger partial charge in [0.2, 0.25) is 0 Å². The van der Waals surface area contributed by atoms with Crippen molar-refractivity contribution in [1.29, 1.82) is 0 Å². The zero-order valence-corrected chi connectivity index (χ0v) is 22.2. The molecule has 38 heavy (non-hydrogen) atoms. The third-order valence-corrected chi connectivity index (χ3v) is 8.34. The molecule has 0 amide bonds. The van der Waals surface area contributed by atoms with Crippen LogP contribution in [0.5, 0.6) is 23.0 Å². The molecular formula is C34H28B2O2. The maximum atomic E-state index is 6.87. The standard InChI is InChI=1S/C34H28B2O2/c1-21-11-9-12-22(2)31(21)35-25-15-5-8-18-29(25)38-34-27(35)19-20-30-33(34)36(26-16-6-7-17-28(26)37-30)32-23(3)13-10-14-24(32)4/h5-20H,1-4H3. The van der Waals surface area contributed by atoms with Crippen molar-refractivity contribution in [3.05, 3.63) is 119 Å². The van der Waals surface area contributed by atoms with E-state index in [4.69, 9.17) is 9.47 Å². The average molecular weight is 490 g/mol. The van der Waals surface area contributed by atoms with E-state index >= 15 is 0 Å². The van der Waals surface area contributed by atoms with Crippen LogP contribution in [0.25, 0.3) is 0 Å². The lowest BCUT2D eigenvalue weighted by molar-refractivity contribution is 0.469. The molecular weight excluding hydrogens is 462 g/mol. The minimum absolute atomic E-state index is 0.00924. The van der Waals surface area contributed by atoms with Gasteiger partial charge in [-0.3, -0.25) is 0 Å². The van der Waals surface area contributed by atoms with Gasteiger partial charge in [-0.05, 0) is 62.3 Å². The van der Waals surface area contributed by atoms with Crippen LogP contribution in [-0.4, -0.2) is 13.4 Å². The van der Waals surface area contributed by atoms with E-state index in [9.17, 15) is 0 Å². The molecule has 5 aromatic rings. The van der Waals surface area contributed by atoms with E-state index in [0.29, 0.717) is 0 Å². The number of benzene rings is 5. The fraction of sp³-hybridized carbons (Fsp3) is 0.118. The number of aryl methyl sites for hydroxylation is 4. The van der Waals surface area contributed by atoms with E-state index in [0.717, 1.165) is 28.5 Å². The first kappa shape index (κ1) is 23.0. The van der Waals surface area contributed by atoms with Crippen molar-refractivity contribution in [3.63, 3.8) is 0 Å². The summed E-state index contributed by atoms with van der Waals surface area (Å²) in [5.41, 5.74) is 12.5. The van der Waals surface area contributed by atoms with Gasteiger partial charge in [0.25, 0.3) is 13.4 Å². The summed E-state index contributed by atoms with van der Waals surface area (Å²) in [6.07, 6.45) is 0. The Labute approximate surface area is 225 Å². The number of hydrogen-bond donors (Lipinski definition) is 0. The second kappa shape index (κ2) is 8.70. The monoisotopic (exact) mass is 490 g/mol. The number of hydrogen-bond acceptors (Lipinski definition) is 2. The van der Waals surface area contributed by atoms with Crippen LogP contribution in [0.15, 0.2) is 97.1 Å². The molecule has 0 saturated carbocycles. The Morgan fingerprint density at radius 1 is 0.395 bits per heavy atom. The number of ether oxygens (including phenoxy) is 2. The van der Waals surface area contributed by atoms with Crippen molar-refractivity contribution in [2.45, 2.75) is 27.7 Å². The van der Waals surface area contributed by atoms with Gasteiger partial charge in [0.1, 0.15) is 23.0 Å². The first-order valence-corrected chi connectivity index (χ1v) is 13.4. The smallest absolute Gasteiger partial charge is 0.256 e. The molecule has 0 N–H and O–H groups in total. The molecule has 2 aliphatic heterocycles. The van der Waals surface area contributed by atoms with Crippen LogP contribution in [0.3, 0.4) is 0 Å². The number of para-hydroxylation sites is 2. The molecule has 182 valence electrons. The van der Waals surface area contributed by atoms with E-state index in [-0.39, 0.29) is 13.4 Å². The van der Waals surface area contributed by atoms with E-state index < -0.39 is 0 Å². The van der Waals surface area contributed by atoms with E-state index in [2.05, 4.69) is 119 Å². The fourth-order valence-corrected chi connectivity index (χ4v) is 6.65. The zero-order valence-electron chi connectivity index (χ0n) is 22.2. The second-order valence-electron chi connectivity index (χ2n) is 10.7. The third-order valence-electron chi connectivity index (χ3n) is 8.34. The van der Waals surface area contributed by atoms with Crippen molar-refractivity contribution in [1.82, 2.24) is 0 Å². The highest BCUT2D eigenvalue weighted by molar-refractivity contribution is 7.01. The molecule has 2 heterocycles. The lowest BCUT2D eigenvalue weighted by Gasteiger charge is -2.35. The molecule has 7 rings (SSSR count). The molecule has 5 aromatic carbocycles. The summed E-state index contributed by atoms with van der Waals surface area (Å²) in [6, 6.07) is 34.5. The quantitative estimate of drug-likeness (QED) is 0.339. The Hall–Kier alpha value is -4.17. The van der Waals surface area contributed by atoms with Gasteiger partial charge in [-0.25, -0.2) is 0 Å². The molecule has 0 atom stereocenters. The first-order valence-electron chi connectivity index (χ1n) is 13.4. The van der Waals surface area contributed by atoms with Crippen molar-refractivity contribution in [2.75, 3.05) is 0 Å². The molecule has 2 nitrogen and oxygen atoms in total. The maximum absolute atomic E-state index is 6.87. The summed E-state index contributed by atoms with van der Waals surface area (Å²) in [5, 5.41) is 0. The van der Waals surface area contributed by atoms with Gasteiger partial charge in [-0.15, -0.1) is 0 Å². The second-order valence-corrected chi connectivity index (χ2v) is 10.7. The SMILES string of the molecule is Cc1cccc(C)c1B1c2ccccc2Oc2c1ccc1c2B(c2c(C)cccc2C)c2ccccc2O1. The third kappa shape index (κ3) is 3.36. The lowest BCUT2D eigenvalue weighted by atomic mass is 9.31. The largest absolute Gasteiger partial charge is 0.459 e. The topological polar surface area (TPSA) is 18.5 Å². The Morgan fingerprint density at radius 3 is 1.50 bits per heavy atom. The summed E-state index contributed by atoms with van der Waals surface area (Å²) in [6.45, 7) is 8.96. The molecule has 0 unspecified atom stereocenters.